The van der Waals surface area contributed by atoms with Gasteiger partial charge in [0.15, 0.2) is 0 Å². The highest BCUT2D eigenvalue weighted by Crippen LogP contribution is 2.48. The summed E-state index contributed by atoms with van der Waals surface area (Å²) in [4.78, 5) is 4.87. The van der Waals surface area contributed by atoms with E-state index in [0.717, 1.165) is 0 Å². The van der Waals surface area contributed by atoms with Gasteiger partial charge in [-0.2, -0.15) is 0 Å². The van der Waals surface area contributed by atoms with Crippen LogP contribution in [0.15, 0.2) is 176 Å². The molecule has 2 saturated carbocycles. The number of nitrogens with zero attached hydrogens (tertiary/aromatic N) is 2. The van der Waals surface area contributed by atoms with Gasteiger partial charge in [-0.25, -0.2) is 0 Å². The van der Waals surface area contributed by atoms with Crippen LogP contribution in [0.25, 0.3) is 11.1 Å². The Labute approximate surface area is 346 Å². The van der Waals surface area contributed by atoms with Crippen LogP contribution in [0, 0.1) is 0 Å². The van der Waals surface area contributed by atoms with E-state index in [-0.39, 0.29) is 5.41 Å². The molecule has 0 unspecified atom stereocenters. The van der Waals surface area contributed by atoms with E-state index in [1.807, 2.05) is 0 Å². The molecule has 3 heteroatoms. The molecular formula is C55H54N2Si. The van der Waals surface area contributed by atoms with Crippen LogP contribution in [0.3, 0.4) is 0 Å². The van der Waals surface area contributed by atoms with Crippen molar-refractivity contribution in [1.82, 2.24) is 0 Å². The third kappa shape index (κ3) is 6.50. The molecule has 0 radical (unpaired) electrons. The molecule has 1 aliphatic heterocycles. The van der Waals surface area contributed by atoms with Crippen LogP contribution >= 0.6 is 0 Å². The highest BCUT2D eigenvalue weighted by Gasteiger charge is 2.39. The van der Waals surface area contributed by atoms with Crippen LogP contribution in [0.5, 0.6) is 0 Å². The normalized spacial score (nSPS) is 16.7. The number of fused-ring (bicyclic) bond motifs is 3. The lowest BCUT2D eigenvalue weighted by Gasteiger charge is -2.33. The second-order valence-corrected chi connectivity index (χ2v) is 21.9. The Balaban J connectivity index is 1.01. The van der Waals surface area contributed by atoms with Crippen LogP contribution < -0.4 is 20.2 Å². The molecule has 10 rings (SSSR count). The molecule has 2 nitrogen and oxygen atoms in total. The number of hydrogen-bond acceptors (Lipinski definition) is 2. The molecule has 0 bridgehead atoms. The first-order chi connectivity index (χ1) is 28.5. The SMILES string of the molecule is C[Si]1(C)c2ccccc2-c2ccc(N(c3ccc(C4CCCCC4)cc3)c3ccc(C4(c5ccc(N(c6ccccc6)c6ccccc6)cc5)CCCC4)cc3)cc21. The first-order valence-electron chi connectivity index (χ1n) is 21.8. The lowest BCUT2D eigenvalue weighted by molar-refractivity contribution is 0.443. The van der Waals surface area contributed by atoms with Gasteiger partial charge in [-0.1, -0.05) is 148 Å². The molecule has 0 atom stereocenters. The molecule has 288 valence electrons. The minimum absolute atomic E-state index is 0.00281. The summed E-state index contributed by atoms with van der Waals surface area (Å²) in [5.74, 6) is 0.692. The van der Waals surface area contributed by atoms with E-state index in [2.05, 4.69) is 199 Å². The van der Waals surface area contributed by atoms with Gasteiger partial charge in [0.1, 0.15) is 8.07 Å². The molecule has 2 fully saturated rings. The Morgan fingerprint density at radius 1 is 0.414 bits per heavy atom. The third-order valence-corrected chi connectivity index (χ3v) is 17.4. The summed E-state index contributed by atoms with van der Waals surface area (Å²) in [6.07, 6.45) is 11.6. The number of anilines is 6. The van der Waals surface area contributed by atoms with Crippen LogP contribution in [0.1, 0.15) is 80.4 Å². The van der Waals surface area contributed by atoms with Crippen molar-refractivity contribution in [2.45, 2.75) is 82.2 Å². The number of rotatable bonds is 9. The summed E-state index contributed by atoms with van der Waals surface area (Å²) in [7, 11) is -1.85. The Morgan fingerprint density at radius 3 is 1.43 bits per heavy atom. The van der Waals surface area contributed by atoms with Crippen molar-refractivity contribution in [3.8, 4) is 11.1 Å². The van der Waals surface area contributed by atoms with E-state index in [4.69, 9.17) is 0 Å². The molecule has 0 saturated heterocycles. The fourth-order valence-corrected chi connectivity index (χ4v) is 13.9. The average Bonchev–Trinajstić information content (AvgIpc) is 3.88. The molecular weight excluding hydrogens is 717 g/mol. The average molecular weight is 771 g/mol. The molecule has 7 aromatic carbocycles. The van der Waals surface area contributed by atoms with Crippen molar-refractivity contribution in [2.75, 3.05) is 9.80 Å². The summed E-state index contributed by atoms with van der Waals surface area (Å²) in [5.41, 5.74) is 14.4. The maximum atomic E-state index is 2.53. The van der Waals surface area contributed by atoms with Crippen molar-refractivity contribution < 1.29 is 0 Å². The second kappa shape index (κ2) is 15.3. The smallest absolute Gasteiger partial charge is 0.113 e. The van der Waals surface area contributed by atoms with Gasteiger partial charge < -0.3 is 9.80 Å². The predicted molar refractivity (Wildman–Crippen MR) is 250 cm³/mol. The van der Waals surface area contributed by atoms with Crippen molar-refractivity contribution in [3.05, 3.63) is 193 Å². The van der Waals surface area contributed by atoms with Gasteiger partial charge in [-0.15, -0.1) is 0 Å². The summed E-state index contributed by atoms with van der Waals surface area (Å²) in [5, 5.41) is 3.09. The zero-order valence-electron chi connectivity index (χ0n) is 34.1. The van der Waals surface area contributed by atoms with Crippen LogP contribution in [0.2, 0.25) is 13.1 Å². The van der Waals surface area contributed by atoms with Crippen LogP contribution in [-0.4, -0.2) is 8.07 Å². The van der Waals surface area contributed by atoms with Gasteiger partial charge in [-0.05, 0) is 143 Å². The Hall–Kier alpha value is -5.64. The fraction of sp³-hybridized carbons (Fsp3) is 0.236. The van der Waals surface area contributed by atoms with Crippen LogP contribution in [-0.2, 0) is 5.41 Å². The molecule has 0 aromatic heterocycles. The lowest BCUT2D eigenvalue weighted by Crippen LogP contribution is -2.49. The van der Waals surface area contributed by atoms with Gasteiger partial charge >= 0.3 is 0 Å². The summed E-state index contributed by atoms with van der Waals surface area (Å²) in [6, 6.07) is 66.6. The summed E-state index contributed by atoms with van der Waals surface area (Å²) < 4.78 is 0. The fourth-order valence-electron chi connectivity index (χ4n) is 10.8. The first kappa shape index (κ1) is 36.7. The zero-order valence-corrected chi connectivity index (χ0v) is 35.1. The molecule has 0 spiro atoms. The molecule has 1 heterocycles. The largest absolute Gasteiger partial charge is 0.311 e. The van der Waals surface area contributed by atoms with E-state index in [1.165, 1.54) is 125 Å². The van der Waals surface area contributed by atoms with Crippen molar-refractivity contribution in [1.29, 1.82) is 0 Å². The zero-order chi connectivity index (χ0) is 39.1. The molecule has 0 amide bonds. The minimum atomic E-state index is -1.85. The second-order valence-electron chi connectivity index (χ2n) is 17.6. The molecule has 2 aliphatic carbocycles. The molecule has 3 aliphatic rings. The van der Waals surface area contributed by atoms with E-state index >= 15 is 0 Å². The highest BCUT2D eigenvalue weighted by atomic mass is 28.3. The van der Waals surface area contributed by atoms with Crippen molar-refractivity contribution in [3.63, 3.8) is 0 Å². The van der Waals surface area contributed by atoms with Gasteiger partial charge in [0.2, 0.25) is 0 Å². The quantitative estimate of drug-likeness (QED) is 0.135. The molecule has 58 heavy (non-hydrogen) atoms. The van der Waals surface area contributed by atoms with E-state index < -0.39 is 8.07 Å². The number of hydrogen-bond donors (Lipinski definition) is 0. The minimum Gasteiger partial charge on any atom is -0.311 e. The van der Waals surface area contributed by atoms with Gasteiger partial charge in [0, 0.05) is 39.5 Å². The predicted octanol–water partition coefficient (Wildman–Crippen LogP) is 14.3. The maximum Gasteiger partial charge on any atom is 0.113 e. The Morgan fingerprint density at radius 2 is 0.862 bits per heavy atom. The number of para-hydroxylation sites is 2. The Kier molecular flexibility index (Phi) is 9.66. The Bertz CT molecular complexity index is 2450. The van der Waals surface area contributed by atoms with Gasteiger partial charge in [0.25, 0.3) is 0 Å². The van der Waals surface area contributed by atoms with Crippen molar-refractivity contribution >= 4 is 52.6 Å². The van der Waals surface area contributed by atoms with Crippen LogP contribution in [0.4, 0.5) is 34.1 Å². The summed E-state index contributed by atoms with van der Waals surface area (Å²) >= 11 is 0. The topological polar surface area (TPSA) is 6.48 Å². The third-order valence-electron chi connectivity index (χ3n) is 13.9. The summed E-state index contributed by atoms with van der Waals surface area (Å²) in [6.45, 7) is 5.04. The maximum absolute atomic E-state index is 2.53. The molecule has 7 aromatic rings. The van der Waals surface area contributed by atoms with Gasteiger partial charge in [-0.3, -0.25) is 0 Å². The number of benzene rings is 7. The standard InChI is InChI=1S/C55H54N2Si/c1-58(2)53-23-13-12-22-51(53)52-37-36-50(40-54(52)58)57(47-30-24-42(25-31-47)41-16-6-3-7-17-41)49-34-28-44(29-35-49)55(38-14-15-39-55)43-26-32-48(33-27-43)56(45-18-8-4-9-19-45)46-20-10-5-11-21-46/h4-5,8-13,18-37,40-41H,3,6-7,14-17,38-39H2,1-2H3. The van der Waals surface area contributed by atoms with Crippen molar-refractivity contribution in [2.24, 2.45) is 0 Å². The van der Waals surface area contributed by atoms with E-state index in [9.17, 15) is 0 Å². The van der Waals surface area contributed by atoms with E-state index in [0.29, 0.717) is 5.92 Å². The van der Waals surface area contributed by atoms with E-state index in [1.54, 1.807) is 5.19 Å². The lowest BCUT2D eigenvalue weighted by atomic mass is 9.73. The first-order valence-corrected chi connectivity index (χ1v) is 24.8. The van der Waals surface area contributed by atoms with Gasteiger partial charge in [0.05, 0.1) is 0 Å². The molecule has 0 N–H and O–H groups in total. The monoisotopic (exact) mass is 770 g/mol. The highest BCUT2D eigenvalue weighted by molar-refractivity contribution is 7.03.